The monoisotopic (exact) mass is 366 g/mol. The summed E-state index contributed by atoms with van der Waals surface area (Å²) in [5.74, 6) is 0.382. The molecule has 0 aliphatic carbocycles. The first-order valence-corrected chi connectivity index (χ1v) is 9.61. The van der Waals surface area contributed by atoms with Crippen LogP contribution in [-0.4, -0.2) is 21.9 Å². The number of aromatic nitrogens is 2. The number of rotatable bonds is 4. The molecule has 0 saturated carbocycles. The van der Waals surface area contributed by atoms with Gasteiger partial charge < -0.3 is 9.29 Å². The summed E-state index contributed by atoms with van der Waals surface area (Å²) >= 11 is 2.76. The van der Waals surface area contributed by atoms with Gasteiger partial charge >= 0.3 is 0 Å². The van der Waals surface area contributed by atoms with E-state index < -0.39 is 0 Å². The molecule has 4 nitrogen and oxygen atoms in total. The number of hydrogen-bond acceptors (Lipinski definition) is 6. The van der Waals surface area contributed by atoms with Gasteiger partial charge in [-0.25, -0.2) is 0 Å². The van der Waals surface area contributed by atoms with Gasteiger partial charge in [-0.3, -0.25) is 0 Å². The second kappa shape index (κ2) is 7.02. The summed E-state index contributed by atoms with van der Waals surface area (Å²) in [6.07, 6.45) is 0. The highest BCUT2D eigenvalue weighted by atomic mass is 32.2. The van der Waals surface area contributed by atoms with E-state index in [2.05, 4.69) is 51.7 Å². The zero-order chi connectivity index (χ0) is 18.1. The molecule has 0 unspecified atom stereocenters. The highest BCUT2D eigenvalue weighted by Gasteiger charge is 2.27. The van der Waals surface area contributed by atoms with Crippen molar-refractivity contribution in [3.8, 4) is 16.3 Å². The summed E-state index contributed by atoms with van der Waals surface area (Å²) in [6, 6.07) is 4.06. The molecule has 1 N–H and O–H groups in total. The van der Waals surface area contributed by atoms with Crippen molar-refractivity contribution in [1.82, 2.24) is 10.2 Å². The van der Waals surface area contributed by atoms with Crippen LogP contribution in [0.3, 0.4) is 0 Å². The highest BCUT2D eigenvalue weighted by molar-refractivity contribution is 7.96. The van der Waals surface area contributed by atoms with Gasteiger partial charge in [0.15, 0.2) is 0 Å². The van der Waals surface area contributed by atoms with Gasteiger partial charge in [-0.05, 0) is 29.9 Å². The van der Waals surface area contributed by atoms with Crippen molar-refractivity contribution >= 4 is 23.4 Å². The third-order valence-corrected chi connectivity index (χ3v) is 5.43. The number of phenolic OH excluding ortho intramolecular Hbond substituents is 1. The van der Waals surface area contributed by atoms with Crippen LogP contribution in [0, 0.1) is 0 Å². The molecule has 1 heterocycles. The van der Waals surface area contributed by atoms with Gasteiger partial charge in [-0.15, -0.1) is 10.2 Å². The molecule has 0 atom stereocenters. The highest BCUT2D eigenvalue weighted by Crippen LogP contribution is 2.42. The van der Waals surface area contributed by atoms with Crippen LogP contribution < -0.4 is 0 Å². The molecule has 0 aliphatic heterocycles. The van der Waals surface area contributed by atoms with E-state index in [0.29, 0.717) is 12.4 Å². The Balaban J connectivity index is 2.56. The third-order valence-electron chi connectivity index (χ3n) is 3.63. The van der Waals surface area contributed by atoms with Crippen LogP contribution in [0.2, 0.25) is 0 Å². The smallest absolute Gasteiger partial charge is 0.201 e. The fourth-order valence-corrected chi connectivity index (χ4v) is 3.75. The molecule has 0 radical (unpaired) electrons. The number of nitrogens with zero attached hydrogens (tertiary/aromatic N) is 2. The Morgan fingerprint density at radius 3 is 2.04 bits per heavy atom. The minimum atomic E-state index is -0.159. The third kappa shape index (κ3) is 4.29. The number of phenols is 1. The fourth-order valence-electron chi connectivity index (χ4n) is 2.37. The molecule has 132 valence electrons. The molecule has 0 amide bonds. The Hall–Kier alpha value is -1.11. The van der Waals surface area contributed by atoms with Crippen LogP contribution in [0.4, 0.5) is 0 Å². The quantitative estimate of drug-likeness (QED) is 0.719. The van der Waals surface area contributed by atoms with E-state index >= 15 is 0 Å². The van der Waals surface area contributed by atoms with Gasteiger partial charge in [0.25, 0.3) is 0 Å². The van der Waals surface area contributed by atoms with E-state index in [1.807, 2.05) is 19.1 Å². The zero-order valence-corrected chi connectivity index (χ0v) is 17.1. The molecule has 0 aliphatic rings. The standard InChI is InChI=1S/C18H26N2O2S2/c1-8-22-24-16-20-19-15(23-16)11-9-12(17(2,3)4)14(21)13(10-11)18(5,6)7/h9-10,21H,8H2,1-7H3. The van der Waals surface area contributed by atoms with Crippen LogP contribution in [0.5, 0.6) is 5.75 Å². The number of benzene rings is 1. The van der Waals surface area contributed by atoms with Gasteiger partial charge in [0.1, 0.15) is 10.8 Å². The van der Waals surface area contributed by atoms with E-state index in [1.54, 1.807) is 0 Å². The van der Waals surface area contributed by atoms with E-state index in [9.17, 15) is 5.11 Å². The Morgan fingerprint density at radius 2 is 1.58 bits per heavy atom. The van der Waals surface area contributed by atoms with Crippen LogP contribution >= 0.6 is 23.4 Å². The summed E-state index contributed by atoms with van der Waals surface area (Å²) in [4.78, 5) is 0. The fraction of sp³-hybridized carbons (Fsp3) is 0.556. The van der Waals surface area contributed by atoms with Crippen molar-refractivity contribution in [2.75, 3.05) is 6.61 Å². The lowest BCUT2D eigenvalue weighted by Crippen LogP contribution is -2.17. The first-order valence-electron chi connectivity index (χ1n) is 8.05. The molecule has 2 rings (SSSR count). The average molecular weight is 367 g/mol. The molecule has 0 spiro atoms. The second-order valence-corrected chi connectivity index (χ2v) is 9.81. The van der Waals surface area contributed by atoms with Gasteiger partial charge in [0, 0.05) is 16.7 Å². The van der Waals surface area contributed by atoms with Gasteiger partial charge in [0.2, 0.25) is 4.34 Å². The summed E-state index contributed by atoms with van der Waals surface area (Å²) < 4.78 is 6.12. The minimum Gasteiger partial charge on any atom is -0.507 e. The lowest BCUT2D eigenvalue weighted by atomic mass is 9.78. The van der Waals surface area contributed by atoms with Crippen LogP contribution in [0.25, 0.3) is 10.6 Å². The summed E-state index contributed by atoms with van der Waals surface area (Å²) in [5.41, 5.74) is 2.53. The Kier molecular flexibility index (Phi) is 5.62. The number of aromatic hydroxyl groups is 1. The Bertz CT molecular complexity index is 678. The largest absolute Gasteiger partial charge is 0.507 e. The van der Waals surface area contributed by atoms with E-state index in [4.69, 9.17) is 4.18 Å². The molecule has 0 fully saturated rings. The maximum absolute atomic E-state index is 10.8. The van der Waals surface area contributed by atoms with Gasteiger partial charge in [-0.2, -0.15) is 0 Å². The normalized spacial score (nSPS) is 12.6. The molecule has 0 bridgehead atoms. The first kappa shape index (κ1) is 19.2. The minimum absolute atomic E-state index is 0.159. The predicted molar refractivity (Wildman–Crippen MR) is 102 cm³/mol. The number of hydrogen-bond donors (Lipinski definition) is 1. The molecular formula is C18H26N2O2S2. The molecule has 6 heteroatoms. The maximum Gasteiger partial charge on any atom is 0.201 e. The lowest BCUT2D eigenvalue weighted by molar-refractivity contribution is 0.401. The lowest BCUT2D eigenvalue weighted by Gasteiger charge is -2.27. The SMILES string of the molecule is CCOSc1nnc(-c2cc(C(C)(C)C)c(O)c(C(C)(C)C)c2)s1. The van der Waals surface area contributed by atoms with E-state index in [-0.39, 0.29) is 10.8 Å². The molecule has 1 aromatic heterocycles. The topological polar surface area (TPSA) is 55.2 Å². The predicted octanol–water partition coefficient (Wildman–Crippen LogP) is 5.55. The Morgan fingerprint density at radius 1 is 1.04 bits per heavy atom. The van der Waals surface area contributed by atoms with Crippen molar-refractivity contribution < 1.29 is 9.29 Å². The van der Waals surface area contributed by atoms with Crippen molar-refractivity contribution in [2.45, 2.75) is 63.6 Å². The zero-order valence-electron chi connectivity index (χ0n) is 15.4. The van der Waals surface area contributed by atoms with Crippen LogP contribution in [0.15, 0.2) is 16.5 Å². The Labute approximate surface area is 152 Å². The molecular weight excluding hydrogens is 340 g/mol. The van der Waals surface area contributed by atoms with Crippen molar-refractivity contribution in [1.29, 1.82) is 0 Å². The van der Waals surface area contributed by atoms with Gasteiger partial charge in [-0.1, -0.05) is 52.9 Å². The second-order valence-electron chi connectivity index (χ2n) is 7.78. The maximum atomic E-state index is 10.8. The van der Waals surface area contributed by atoms with Gasteiger partial charge in [0.05, 0.1) is 18.6 Å². The molecule has 2 aromatic rings. The summed E-state index contributed by atoms with van der Waals surface area (Å²) in [6.45, 7) is 15.2. The van der Waals surface area contributed by atoms with Crippen LogP contribution in [0.1, 0.15) is 59.6 Å². The molecule has 1 aromatic carbocycles. The van der Waals surface area contributed by atoms with Crippen LogP contribution in [-0.2, 0) is 15.0 Å². The molecule has 0 saturated heterocycles. The molecule has 24 heavy (non-hydrogen) atoms. The van der Waals surface area contributed by atoms with Crippen molar-refractivity contribution in [2.24, 2.45) is 0 Å². The van der Waals surface area contributed by atoms with E-state index in [0.717, 1.165) is 26.0 Å². The average Bonchev–Trinajstić information content (AvgIpc) is 2.91. The first-order chi connectivity index (χ1) is 11.0. The summed E-state index contributed by atoms with van der Waals surface area (Å²) in [7, 11) is 0. The summed E-state index contributed by atoms with van der Waals surface area (Å²) in [5, 5.41) is 20.1. The van der Waals surface area contributed by atoms with Crippen molar-refractivity contribution in [3.63, 3.8) is 0 Å². The van der Waals surface area contributed by atoms with E-state index in [1.165, 1.54) is 23.4 Å². The van der Waals surface area contributed by atoms with Crippen molar-refractivity contribution in [3.05, 3.63) is 23.3 Å².